The second-order valence-corrected chi connectivity index (χ2v) is 8.59. The molecule has 0 aliphatic heterocycles. The Labute approximate surface area is 181 Å². The summed E-state index contributed by atoms with van der Waals surface area (Å²) in [4.78, 5) is 20.4. The minimum absolute atomic E-state index is 0.744. The Kier molecular flexibility index (Phi) is 26.6. The predicted octanol–water partition coefficient (Wildman–Crippen LogP) is 7.98. The van der Waals surface area contributed by atoms with Gasteiger partial charge in [0, 0.05) is 26.1 Å². The van der Waals surface area contributed by atoms with E-state index in [0.29, 0.717) is 0 Å². The van der Waals surface area contributed by atoms with Crippen LogP contribution in [0.25, 0.3) is 0 Å². The second-order valence-electron chi connectivity index (χ2n) is 8.59. The van der Waals surface area contributed by atoms with Crippen LogP contribution >= 0.6 is 0 Å². The predicted molar refractivity (Wildman–Crippen MR) is 125 cm³/mol. The van der Waals surface area contributed by atoms with Crippen LogP contribution in [0, 0.1) is 0 Å². The summed E-state index contributed by atoms with van der Waals surface area (Å²) in [6.07, 6.45) is 29.4. The summed E-state index contributed by atoms with van der Waals surface area (Å²) in [7, 11) is 0. The van der Waals surface area contributed by atoms with Gasteiger partial charge in [0.15, 0.2) is 0 Å². The number of hydrogen-bond acceptors (Lipinski definition) is 3. The normalized spacial score (nSPS) is 11.0. The molecule has 0 spiro atoms. The summed E-state index contributed by atoms with van der Waals surface area (Å²) in [6.45, 7) is 1.89. The summed E-state index contributed by atoms with van der Waals surface area (Å²) in [6, 6.07) is 0. The van der Waals surface area contributed by atoms with Crippen LogP contribution in [0.15, 0.2) is 0 Å². The highest BCUT2D eigenvalue weighted by Crippen LogP contribution is 2.12. The first kappa shape index (κ1) is 28.3. The smallest absolute Gasteiger partial charge is 0.119 e. The van der Waals surface area contributed by atoms with Gasteiger partial charge in [0.05, 0.1) is 0 Å². The maximum atomic E-state index is 10.2. The van der Waals surface area contributed by atoms with Gasteiger partial charge in [0.1, 0.15) is 12.6 Å². The van der Waals surface area contributed by atoms with E-state index in [9.17, 15) is 9.59 Å². The van der Waals surface area contributed by atoms with Gasteiger partial charge in [0.2, 0.25) is 0 Å². The van der Waals surface area contributed by atoms with Crippen molar-refractivity contribution in [3.8, 4) is 0 Å². The average Bonchev–Trinajstić information content (AvgIpc) is 2.74. The minimum atomic E-state index is 0.744. The van der Waals surface area contributed by atoms with Crippen LogP contribution in [0.1, 0.15) is 141 Å². The molecule has 29 heavy (non-hydrogen) atoms. The van der Waals surface area contributed by atoms with Crippen molar-refractivity contribution in [2.75, 3.05) is 13.2 Å². The van der Waals surface area contributed by atoms with Gasteiger partial charge < -0.3 is 14.3 Å². The quantitative estimate of drug-likeness (QED) is 0.107. The summed E-state index contributed by atoms with van der Waals surface area (Å²) < 4.78 is 5.77. The van der Waals surface area contributed by atoms with Crippen molar-refractivity contribution < 1.29 is 14.3 Å². The van der Waals surface area contributed by atoms with E-state index in [0.717, 1.165) is 51.5 Å². The van der Waals surface area contributed by atoms with Gasteiger partial charge in [-0.05, 0) is 25.7 Å². The zero-order valence-electron chi connectivity index (χ0n) is 19.4. The van der Waals surface area contributed by atoms with Crippen molar-refractivity contribution in [2.24, 2.45) is 0 Å². The molecule has 172 valence electrons. The van der Waals surface area contributed by atoms with E-state index < -0.39 is 0 Å². The van der Waals surface area contributed by atoms with Crippen molar-refractivity contribution in [1.29, 1.82) is 0 Å². The Bertz CT molecular complexity index is 287. The first-order valence-electron chi connectivity index (χ1n) is 12.9. The van der Waals surface area contributed by atoms with Crippen molar-refractivity contribution in [3.63, 3.8) is 0 Å². The molecule has 0 unspecified atom stereocenters. The molecule has 0 atom stereocenters. The molecule has 0 heterocycles. The summed E-state index contributed by atoms with van der Waals surface area (Å²) in [5, 5.41) is 0. The molecule has 0 saturated heterocycles. The monoisotopic (exact) mass is 410 g/mol. The fourth-order valence-corrected chi connectivity index (χ4v) is 3.79. The molecule has 0 aromatic rings. The van der Waals surface area contributed by atoms with Gasteiger partial charge in [-0.25, -0.2) is 0 Å². The van der Waals surface area contributed by atoms with E-state index in [2.05, 4.69) is 0 Å². The Hall–Kier alpha value is -0.700. The number of unbranched alkanes of at least 4 members (excludes halogenated alkanes) is 20. The average molecular weight is 411 g/mol. The van der Waals surface area contributed by atoms with E-state index in [1.807, 2.05) is 0 Å². The molecule has 0 aliphatic rings. The van der Waals surface area contributed by atoms with Crippen LogP contribution in [0.3, 0.4) is 0 Å². The third-order valence-electron chi connectivity index (χ3n) is 5.72. The zero-order chi connectivity index (χ0) is 21.1. The van der Waals surface area contributed by atoms with Gasteiger partial charge in [-0.1, -0.05) is 103 Å². The molecule has 0 radical (unpaired) electrons. The number of aldehydes is 2. The topological polar surface area (TPSA) is 43.4 Å². The largest absolute Gasteiger partial charge is 0.381 e. The molecule has 0 rings (SSSR count). The Morgan fingerprint density at radius 2 is 0.586 bits per heavy atom. The van der Waals surface area contributed by atoms with Gasteiger partial charge in [-0.3, -0.25) is 0 Å². The second kappa shape index (κ2) is 27.3. The van der Waals surface area contributed by atoms with Crippen LogP contribution in [0.4, 0.5) is 0 Å². The van der Waals surface area contributed by atoms with E-state index in [4.69, 9.17) is 4.74 Å². The van der Waals surface area contributed by atoms with Gasteiger partial charge in [-0.15, -0.1) is 0 Å². The number of rotatable bonds is 26. The fraction of sp³-hybridized carbons (Fsp3) is 0.923. The lowest BCUT2D eigenvalue weighted by Gasteiger charge is -2.05. The summed E-state index contributed by atoms with van der Waals surface area (Å²) in [5.74, 6) is 0. The van der Waals surface area contributed by atoms with Crippen LogP contribution < -0.4 is 0 Å². The SMILES string of the molecule is O=CCCCCCCCCCCCCOCCCCCCCCCCCCC=O. The van der Waals surface area contributed by atoms with Crippen LogP contribution in [-0.2, 0) is 14.3 Å². The van der Waals surface area contributed by atoms with Crippen molar-refractivity contribution in [1.82, 2.24) is 0 Å². The lowest BCUT2D eigenvalue weighted by atomic mass is 10.1. The Balaban J connectivity index is 2.98. The molecule has 0 aliphatic carbocycles. The van der Waals surface area contributed by atoms with E-state index >= 15 is 0 Å². The Morgan fingerprint density at radius 3 is 0.862 bits per heavy atom. The molecule has 0 aromatic heterocycles. The highest BCUT2D eigenvalue weighted by atomic mass is 16.5. The lowest BCUT2D eigenvalue weighted by Crippen LogP contribution is -1.97. The van der Waals surface area contributed by atoms with Crippen LogP contribution in [-0.4, -0.2) is 25.8 Å². The van der Waals surface area contributed by atoms with Crippen molar-refractivity contribution in [2.45, 2.75) is 141 Å². The van der Waals surface area contributed by atoms with Gasteiger partial charge >= 0.3 is 0 Å². The Morgan fingerprint density at radius 1 is 0.345 bits per heavy atom. The standard InChI is InChI=1S/C26H50O3/c27-23-19-15-11-7-3-1-5-9-13-17-21-25-29-26-22-18-14-10-6-2-4-8-12-16-20-24-28/h23-24H,1-22,25-26H2. The highest BCUT2D eigenvalue weighted by Gasteiger charge is 1.96. The van der Waals surface area contributed by atoms with E-state index in [1.54, 1.807) is 0 Å². The maximum Gasteiger partial charge on any atom is 0.119 e. The van der Waals surface area contributed by atoms with E-state index in [1.165, 1.54) is 116 Å². The molecule has 0 saturated carbocycles. The highest BCUT2D eigenvalue weighted by molar-refractivity contribution is 5.49. The molecule has 3 heteroatoms. The molecular formula is C26H50O3. The summed E-state index contributed by atoms with van der Waals surface area (Å²) >= 11 is 0. The molecule has 0 fully saturated rings. The van der Waals surface area contributed by atoms with E-state index in [-0.39, 0.29) is 0 Å². The van der Waals surface area contributed by atoms with Gasteiger partial charge in [-0.2, -0.15) is 0 Å². The van der Waals surface area contributed by atoms with Crippen molar-refractivity contribution in [3.05, 3.63) is 0 Å². The first-order chi connectivity index (χ1) is 14.4. The lowest BCUT2D eigenvalue weighted by molar-refractivity contribution is -0.108. The molecule has 0 bridgehead atoms. The summed E-state index contributed by atoms with van der Waals surface area (Å²) in [5.41, 5.74) is 0. The number of carbonyl (C=O) groups excluding carboxylic acids is 2. The maximum absolute atomic E-state index is 10.2. The minimum Gasteiger partial charge on any atom is -0.381 e. The number of ether oxygens (including phenoxy) is 1. The van der Waals surface area contributed by atoms with Gasteiger partial charge in [0.25, 0.3) is 0 Å². The van der Waals surface area contributed by atoms with Crippen molar-refractivity contribution >= 4 is 12.6 Å². The molecule has 3 nitrogen and oxygen atoms in total. The molecular weight excluding hydrogens is 360 g/mol. The number of hydrogen-bond donors (Lipinski definition) is 0. The third kappa shape index (κ3) is 27.3. The number of carbonyl (C=O) groups is 2. The van der Waals surface area contributed by atoms with Crippen LogP contribution in [0.5, 0.6) is 0 Å². The zero-order valence-corrected chi connectivity index (χ0v) is 19.4. The third-order valence-corrected chi connectivity index (χ3v) is 5.72. The molecule has 0 aromatic carbocycles. The van der Waals surface area contributed by atoms with Crippen LogP contribution in [0.2, 0.25) is 0 Å². The first-order valence-corrected chi connectivity index (χ1v) is 12.9. The fourth-order valence-electron chi connectivity index (χ4n) is 3.79. The molecule has 0 N–H and O–H groups in total. The molecule has 0 amide bonds.